The standard InChI is InChI=1S/C53H53NO10/c1-57-51(55)46(54-53(56)63-34-45-43-28-16-14-26-41(43)42-27-15-17-29-44(42)45)35-62-52-50(61-33-40-24-12-5-13-25-40)49(60-32-39-22-10-4-11-23-39)48(59-31-38-20-8-3-9-21-38)47(64-52)36-58-30-37-18-6-2-7-19-37/h2-29,45-50,52H,30-36H2,1H3,(H,54,56)/t46-,47+,48-,49-,50+,52-/m0/s1. The molecule has 6 atom stereocenters. The Balaban J connectivity index is 1.04. The van der Waals surface area contributed by atoms with E-state index in [1.165, 1.54) is 7.11 Å². The molecule has 6 aromatic carbocycles. The van der Waals surface area contributed by atoms with Gasteiger partial charge in [-0.05, 0) is 44.5 Å². The fourth-order valence-corrected chi connectivity index (χ4v) is 8.17. The van der Waals surface area contributed by atoms with Gasteiger partial charge in [0.15, 0.2) is 12.3 Å². The average molecular weight is 864 g/mol. The highest BCUT2D eigenvalue weighted by atomic mass is 16.7. The number of hydrogen-bond donors (Lipinski definition) is 1. The predicted octanol–water partition coefficient (Wildman–Crippen LogP) is 8.78. The quantitative estimate of drug-likeness (QED) is 0.0747. The minimum Gasteiger partial charge on any atom is -0.467 e. The number of carbonyl (C=O) groups excluding carboxylic acids is 2. The van der Waals surface area contributed by atoms with Gasteiger partial charge in [-0.15, -0.1) is 0 Å². The molecule has 0 aromatic heterocycles. The summed E-state index contributed by atoms with van der Waals surface area (Å²) in [5.74, 6) is -0.898. The van der Waals surface area contributed by atoms with Crippen LogP contribution in [0.4, 0.5) is 4.79 Å². The Hall–Kier alpha value is -6.18. The fourth-order valence-electron chi connectivity index (χ4n) is 8.17. The van der Waals surface area contributed by atoms with E-state index in [0.717, 1.165) is 44.5 Å². The minimum absolute atomic E-state index is 0.0607. The van der Waals surface area contributed by atoms with Gasteiger partial charge in [0.1, 0.15) is 31.0 Å². The number of alkyl carbamates (subject to hydrolysis) is 1. The Morgan fingerprint density at radius 3 is 1.50 bits per heavy atom. The largest absolute Gasteiger partial charge is 0.467 e. The third-order valence-corrected chi connectivity index (χ3v) is 11.4. The Morgan fingerprint density at radius 2 is 0.984 bits per heavy atom. The summed E-state index contributed by atoms with van der Waals surface area (Å²) in [5.41, 5.74) is 8.17. The third-order valence-electron chi connectivity index (χ3n) is 11.4. The highest BCUT2D eigenvalue weighted by molar-refractivity contribution is 5.82. The third kappa shape index (κ3) is 11.5. The molecule has 0 bridgehead atoms. The van der Waals surface area contributed by atoms with Gasteiger partial charge in [-0.3, -0.25) is 0 Å². The normalized spacial score (nSPS) is 19.5. The molecule has 1 aliphatic heterocycles. The molecule has 8 rings (SSSR count). The summed E-state index contributed by atoms with van der Waals surface area (Å²) >= 11 is 0. The van der Waals surface area contributed by atoms with Gasteiger partial charge >= 0.3 is 12.1 Å². The molecule has 1 amide bonds. The molecule has 1 fully saturated rings. The van der Waals surface area contributed by atoms with Crippen molar-refractivity contribution in [2.24, 2.45) is 0 Å². The summed E-state index contributed by atoms with van der Waals surface area (Å²) < 4.78 is 50.9. The molecule has 6 aromatic rings. The maximum atomic E-state index is 13.5. The lowest BCUT2D eigenvalue weighted by Gasteiger charge is -2.46. The van der Waals surface area contributed by atoms with Crippen LogP contribution in [0.1, 0.15) is 39.3 Å². The van der Waals surface area contributed by atoms with Gasteiger partial charge in [-0.25, -0.2) is 9.59 Å². The Kier molecular flexibility index (Phi) is 15.6. The maximum Gasteiger partial charge on any atom is 0.407 e. The molecule has 11 heteroatoms. The van der Waals surface area contributed by atoms with Gasteiger partial charge in [0.2, 0.25) is 0 Å². The first kappa shape index (κ1) is 44.4. The van der Waals surface area contributed by atoms with Gasteiger partial charge in [0, 0.05) is 5.92 Å². The second-order valence-electron chi connectivity index (χ2n) is 15.7. The number of hydrogen-bond acceptors (Lipinski definition) is 10. The van der Waals surface area contributed by atoms with Crippen molar-refractivity contribution in [3.63, 3.8) is 0 Å². The van der Waals surface area contributed by atoms with Crippen molar-refractivity contribution >= 4 is 12.1 Å². The van der Waals surface area contributed by atoms with Gasteiger partial charge in [-0.1, -0.05) is 170 Å². The summed E-state index contributed by atoms with van der Waals surface area (Å²) in [5, 5.41) is 2.68. The van der Waals surface area contributed by atoms with E-state index >= 15 is 0 Å². The zero-order valence-electron chi connectivity index (χ0n) is 35.7. The van der Waals surface area contributed by atoms with Crippen LogP contribution in [0.15, 0.2) is 170 Å². The highest BCUT2D eigenvalue weighted by Gasteiger charge is 2.49. The molecule has 0 radical (unpaired) electrons. The number of ether oxygens (including phenoxy) is 8. The topological polar surface area (TPSA) is 120 Å². The molecule has 11 nitrogen and oxygen atoms in total. The zero-order valence-corrected chi connectivity index (χ0v) is 35.7. The van der Waals surface area contributed by atoms with E-state index < -0.39 is 48.8 Å². The van der Waals surface area contributed by atoms with E-state index in [0.29, 0.717) is 6.61 Å². The molecule has 330 valence electrons. The molecule has 1 heterocycles. The van der Waals surface area contributed by atoms with Crippen LogP contribution in [0.2, 0.25) is 0 Å². The van der Waals surface area contributed by atoms with Crippen molar-refractivity contribution in [2.75, 3.05) is 26.9 Å². The number of rotatable bonds is 20. The molecular formula is C53H53NO10. The molecule has 1 aliphatic carbocycles. The summed E-state index contributed by atoms with van der Waals surface area (Å²) in [6.07, 6.45) is -4.99. The summed E-state index contributed by atoms with van der Waals surface area (Å²) in [4.78, 5) is 26.8. The smallest absolute Gasteiger partial charge is 0.407 e. The van der Waals surface area contributed by atoms with Crippen molar-refractivity contribution in [1.82, 2.24) is 5.32 Å². The Morgan fingerprint density at radius 1 is 0.531 bits per heavy atom. The monoisotopic (exact) mass is 863 g/mol. The number of fused-ring (bicyclic) bond motifs is 3. The molecule has 0 spiro atoms. The molecular weight excluding hydrogens is 811 g/mol. The van der Waals surface area contributed by atoms with Crippen molar-refractivity contribution in [3.05, 3.63) is 203 Å². The first-order valence-electron chi connectivity index (χ1n) is 21.6. The van der Waals surface area contributed by atoms with Crippen LogP contribution in [0, 0.1) is 0 Å². The minimum atomic E-state index is -1.26. The summed E-state index contributed by atoms with van der Waals surface area (Å²) in [6.45, 7) is 0.856. The number of methoxy groups -OCH3 is 1. The average Bonchev–Trinajstić information content (AvgIpc) is 3.67. The van der Waals surface area contributed by atoms with Crippen LogP contribution in [-0.2, 0) is 69.1 Å². The van der Waals surface area contributed by atoms with E-state index in [1.807, 2.05) is 158 Å². The number of benzene rings is 6. The van der Waals surface area contributed by atoms with Crippen LogP contribution in [0.5, 0.6) is 0 Å². The fraction of sp³-hybridized carbons (Fsp3) is 0.283. The summed E-state index contributed by atoms with van der Waals surface area (Å²) in [6, 6.07) is 54.2. The van der Waals surface area contributed by atoms with E-state index in [1.54, 1.807) is 0 Å². The molecule has 0 saturated carbocycles. The molecule has 0 unspecified atom stereocenters. The van der Waals surface area contributed by atoms with Crippen LogP contribution in [-0.4, -0.2) is 75.7 Å². The Bertz CT molecular complexity index is 2320. The van der Waals surface area contributed by atoms with Crippen molar-refractivity contribution in [3.8, 4) is 11.1 Å². The Labute approximate surface area is 374 Å². The second kappa shape index (κ2) is 22.4. The lowest BCUT2D eigenvalue weighted by molar-refractivity contribution is -0.329. The zero-order chi connectivity index (χ0) is 43.9. The van der Waals surface area contributed by atoms with Crippen molar-refractivity contribution in [1.29, 1.82) is 0 Å². The van der Waals surface area contributed by atoms with Crippen molar-refractivity contribution in [2.45, 2.75) is 69.1 Å². The van der Waals surface area contributed by atoms with Gasteiger partial charge in [-0.2, -0.15) is 0 Å². The van der Waals surface area contributed by atoms with Crippen LogP contribution in [0.3, 0.4) is 0 Å². The van der Waals surface area contributed by atoms with E-state index in [-0.39, 0.29) is 45.6 Å². The lowest BCUT2D eigenvalue weighted by Crippen LogP contribution is -2.62. The SMILES string of the molecule is COC(=O)[C@H](CO[C@H]1O[C@H](COCc2ccccc2)[C@H](OCc2ccccc2)[C@H](OCc2ccccc2)[C@H]1OCc1ccccc1)NC(=O)OCC1c2ccccc2-c2ccccc21. The van der Waals surface area contributed by atoms with Gasteiger partial charge in [0.05, 0.1) is 46.8 Å². The second-order valence-corrected chi connectivity index (χ2v) is 15.7. The lowest BCUT2D eigenvalue weighted by atomic mass is 9.97. The molecule has 1 saturated heterocycles. The van der Waals surface area contributed by atoms with Crippen LogP contribution in [0.25, 0.3) is 11.1 Å². The van der Waals surface area contributed by atoms with Gasteiger partial charge in [0.25, 0.3) is 0 Å². The first-order chi connectivity index (χ1) is 31.5. The van der Waals surface area contributed by atoms with E-state index in [4.69, 9.17) is 37.9 Å². The van der Waals surface area contributed by atoms with E-state index in [2.05, 4.69) is 17.4 Å². The predicted molar refractivity (Wildman–Crippen MR) is 240 cm³/mol. The number of esters is 1. The molecule has 2 aliphatic rings. The number of nitrogens with one attached hydrogen (secondary N) is 1. The van der Waals surface area contributed by atoms with Gasteiger partial charge < -0.3 is 43.2 Å². The van der Waals surface area contributed by atoms with E-state index in [9.17, 15) is 9.59 Å². The van der Waals surface area contributed by atoms with Crippen molar-refractivity contribution < 1.29 is 47.5 Å². The first-order valence-corrected chi connectivity index (χ1v) is 21.6. The molecule has 64 heavy (non-hydrogen) atoms. The number of amides is 1. The maximum absolute atomic E-state index is 13.5. The summed E-state index contributed by atoms with van der Waals surface area (Å²) in [7, 11) is 1.25. The molecule has 1 N–H and O–H groups in total. The number of carbonyl (C=O) groups is 2. The van der Waals surface area contributed by atoms with Crippen LogP contribution >= 0.6 is 0 Å². The highest BCUT2D eigenvalue weighted by Crippen LogP contribution is 2.44. The van der Waals surface area contributed by atoms with Crippen LogP contribution < -0.4 is 5.32 Å².